The van der Waals surface area contributed by atoms with Gasteiger partial charge in [-0.3, -0.25) is 0 Å². The van der Waals surface area contributed by atoms with Crippen LogP contribution in [0.5, 0.6) is 11.5 Å². The molecule has 7 nitrogen and oxygen atoms in total. The molecule has 0 aliphatic rings. The highest BCUT2D eigenvalue weighted by atomic mass is 32.2. The second-order valence-electron chi connectivity index (χ2n) is 7.31. The summed E-state index contributed by atoms with van der Waals surface area (Å²) in [6.45, 7) is 6.87. The molecule has 2 aromatic carbocycles. The van der Waals surface area contributed by atoms with Gasteiger partial charge < -0.3 is 14.2 Å². The summed E-state index contributed by atoms with van der Waals surface area (Å²) in [5, 5.41) is 0. The van der Waals surface area contributed by atoms with Crippen molar-refractivity contribution in [2.24, 2.45) is 5.92 Å². The molecule has 0 aromatic heterocycles. The van der Waals surface area contributed by atoms with E-state index in [1.54, 1.807) is 30.3 Å². The molecule has 0 spiro atoms. The molecule has 0 atom stereocenters. The third kappa shape index (κ3) is 6.21. The number of rotatable bonds is 10. The van der Waals surface area contributed by atoms with Crippen molar-refractivity contribution in [1.82, 2.24) is 4.31 Å². The molecular weight excluding hydrogens is 406 g/mol. The number of hydrogen-bond donors (Lipinski definition) is 0. The number of hydrogen-bond acceptors (Lipinski definition) is 6. The number of nitrogens with zero attached hydrogens (tertiary/aromatic N) is 1. The van der Waals surface area contributed by atoms with Crippen molar-refractivity contribution in [2.75, 3.05) is 27.3 Å². The number of esters is 1. The van der Waals surface area contributed by atoms with Gasteiger partial charge in [0.05, 0.1) is 23.7 Å². The SMILES string of the molecule is CCOc1cc(C(=O)OCc2cccc(S(=O)(=O)N(C)C)c2)ccc1OCC(C)C. The van der Waals surface area contributed by atoms with Crippen LogP contribution in [0, 0.1) is 5.92 Å². The molecule has 0 heterocycles. The van der Waals surface area contributed by atoms with Crippen molar-refractivity contribution in [3.05, 3.63) is 53.6 Å². The van der Waals surface area contributed by atoms with Crippen LogP contribution in [0.3, 0.4) is 0 Å². The van der Waals surface area contributed by atoms with E-state index in [-0.39, 0.29) is 11.5 Å². The lowest BCUT2D eigenvalue weighted by atomic mass is 10.2. The van der Waals surface area contributed by atoms with Gasteiger partial charge in [-0.2, -0.15) is 0 Å². The Morgan fingerprint density at radius 1 is 1.03 bits per heavy atom. The lowest BCUT2D eigenvalue weighted by molar-refractivity contribution is 0.0472. The maximum Gasteiger partial charge on any atom is 0.338 e. The summed E-state index contributed by atoms with van der Waals surface area (Å²) >= 11 is 0. The number of benzene rings is 2. The van der Waals surface area contributed by atoms with Gasteiger partial charge in [0, 0.05) is 14.1 Å². The van der Waals surface area contributed by atoms with Crippen LogP contribution in [0.4, 0.5) is 0 Å². The Hall–Kier alpha value is -2.58. The summed E-state index contributed by atoms with van der Waals surface area (Å²) < 4.78 is 42.4. The first kappa shape index (κ1) is 23.7. The fraction of sp³-hybridized carbons (Fsp3) is 0.409. The minimum absolute atomic E-state index is 0.0504. The van der Waals surface area contributed by atoms with E-state index in [2.05, 4.69) is 0 Å². The highest BCUT2D eigenvalue weighted by Gasteiger charge is 2.18. The van der Waals surface area contributed by atoms with Gasteiger partial charge in [-0.05, 0) is 48.7 Å². The predicted octanol–water partition coefficient (Wildman–Crippen LogP) is 3.73. The molecule has 0 saturated heterocycles. The zero-order valence-corrected chi connectivity index (χ0v) is 18.9. The van der Waals surface area contributed by atoms with Crippen LogP contribution in [0.15, 0.2) is 47.4 Å². The average Bonchev–Trinajstić information content (AvgIpc) is 2.71. The third-order valence-electron chi connectivity index (χ3n) is 4.10. The molecule has 164 valence electrons. The van der Waals surface area contributed by atoms with Crippen LogP contribution in [0.1, 0.15) is 36.7 Å². The van der Waals surface area contributed by atoms with Crippen molar-refractivity contribution < 1.29 is 27.4 Å². The molecule has 0 amide bonds. The van der Waals surface area contributed by atoms with Crippen molar-refractivity contribution in [3.63, 3.8) is 0 Å². The van der Waals surface area contributed by atoms with Gasteiger partial charge in [0.15, 0.2) is 11.5 Å². The van der Waals surface area contributed by atoms with Crippen LogP contribution in [-0.2, 0) is 21.4 Å². The van der Waals surface area contributed by atoms with Crippen LogP contribution in [0.2, 0.25) is 0 Å². The van der Waals surface area contributed by atoms with E-state index in [0.717, 1.165) is 4.31 Å². The van der Waals surface area contributed by atoms with E-state index in [1.807, 2.05) is 20.8 Å². The third-order valence-corrected chi connectivity index (χ3v) is 5.91. The molecule has 0 fully saturated rings. The average molecular weight is 436 g/mol. The Labute approximate surface area is 178 Å². The summed E-state index contributed by atoms with van der Waals surface area (Å²) in [7, 11) is -0.627. The van der Waals surface area contributed by atoms with Gasteiger partial charge >= 0.3 is 5.97 Å². The van der Waals surface area contributed by atoms with E-state index < -0.39 is 16.0 Å². The first-order valence-electron chi connectivity index (χ1n) is 9.73. The fourth-order valence-electron chi connectivity index (χ4n) is 2.52. The minimum Gasteiger partial charge on any atom is -0.490 e. The Bertz CT molecular complexity index is 969. The quantitative estimate of drug-likeness (QED) is 0.529. The molecule has 0 N–H and O–H groups in total. The van der Waals surface area contributed by atoms with Gasteiger partial charge in [0.1, 0.15) is 6.61 Å². The van der Waals surface area contributed by atoms with Crippen LogP contribution in [0.25, 0.3) is 0 Å². The standard InChI is InChI=1S/C22H29NO6S/c1-6-27-21-13-18(10-11-20(21)28-14-16(2)3)22(24)29-15-17-8-7-9-19(12-17)30(25,26)23(4)5/h7-13,16H,6,14-15H2,1-5H3. The van der Waals surface area contributed by atoms with Crippen LogP contribution in [-0.4, -0.2) is 46.0 Å². The maximum atomic E-state index is 12.5. The van der Waals surface area contributed by atoms with Gasteiger partial charge in [0.25, 0.3) is 0 Å². The Morgan fingerprint density at radius 2 is 1.77 bits per heavy atom. The number of ether oxygens (including phenoxy) is 3. The first-order valence-corrected chi connectivity index (χ1v) is 11.2. The molecule has 0 unspecified atom stereocenters. The van der Waals surface area contributed by atoms with Gasteiger partial charge in [-0.1, -0.05) is 26.0 Å². The smallest absolute Gasteiger partial charge is 0.338 e. The summed E-state index contributed by atoms with van der Waals surface area (Å²) in [4.78, 5) is 12.6. The number of sulfonamides is 1. The molecule has 0 aliphatic carbocycles. The number of carbonyl (C=O) groups excluding carboxylic acids is 1. The monoisotopic (exact) mass is 435 g/mol. The molecular formula is C22H29NO6S. The highest BCUT2D eigenvalue weighted by Crippen LogP contribution is 2.29. The fourth-order valence-corrected chi connectivity index (χ4v) is 3.49. The lowest BCUT2D eigenvalue weighted by Crippen LogP contribution is -2.22. The molecule has 0 aliphatic heterocycles. The molecule has 2 rings (SSSR count). The molecule has 2 aromatic rings. The van der Waals surface area contributed by atoms with Crippen LogP contribution >= 0.6 is 0 Å². The van der Waals surface area contributed by atoms with Gasteiger partial charge in [0.2, 0.25) is 10.0 Å². The Kier molecular flexibility index (Phi) is 8.25. The highest BCUT2D eigenvalue weighted by molar-refractivity contribution is 7.89. The van der Waals surface area contributed by atoms with E-state index in [9.17, 15) is 13.2 Å². The predicted molar refractivity (Wildman–Crippen MR) is 114 cm³/mol. The Morgan fingerprint density at radius 3 is 2.40 bits per heavy atom. The lowest BCUT2D eigenvalue weighted by Gasteiger charge is -2.15. The summed E-state index contributed by atoms with van der Waals surface area (Å²) in [6.07, 6.45) is 0. The first-order chi connectivity index (χ1) is 14.1. The van der Waals surface area contributed by atoms with E-state index >= 15 is 0 Å². The van der Waals surface area contributed by atoms with Gasteiger partial charge in [-0.25, -0.2) is 17.5 Å². The summed E-state index contributed by atoms with van der Waals surface area (Å²) in [6, 6.07) is 11.2. The van der Waals surface area contributed by atoms with Gasteiger partial charge in [-0.15, -0.1) is 0 Å². The van der Waals surface area contributed by atoms with Crippen molar-refractivity contribution in [2.45, 2.75) is 32.3 Å². The van der Waals surface area contributed by atoms with Crippen molar-refractivity contribution >= 4 is 16.0 Å². The number of carbonyl (C=O) groups is 1. The molecule has 0 radical (unpaired) electrons. The van der Waals surface area contributed by atoms with Crippen LogP contribution < -0.4 is 9.47 Å². The normalized spacial score (nSPS) is 11.6. The van der Waals surface area contributed by atoms with Crippen molar-refractivity contribution in [3.8, 4) is 11.5 Å². The molecule has 30 heavy (non-hydrogen) atoms. The Balaban J connectivity index is 2.12. The summed E-state index contributed by atoms with van der Waals surface area (Å²) in [5.74, 6) is 0.874. The maximum absolute atomic E-state index is 12.5. The molecule has 8 heteroatoms. The van der Waals surface area contributed by atoms with E-state index in [1.165, 1.54) is 26.2 Å². The van der Waals surface area contributed by atoms with E-state index in [4.69, 9.17) is 14.2 Å². The molecule has 0 saturated carbocycles. The summed E-state index contributed by atoms with van der Waals surface area (Å²) in [5.41, 5.74) is 0.903. The second-order valence-corrected chi connectivity index (χ2v) is 9.46. The van der Waals surface area contributed by atoms with Crippen molar-refractivity contribution in [1.29, 1.82) is 0 Å². The zero-order chi connectivity index (χ0) is 22.3. The second kappa shape index (κ2) is 10.4. The largest absolute Gasteiger partial charge is 0.490 e. The zero-order valence-electron chi connectivity index (χ0n) is 18.0. The topological polar surface area (TPSA) is 82.1 Å². The molecule has 0 bridgehead atoms. The van der Waals surface area contributed by atoms with E-state index in [0.29, 0.717) is 41.8 Å². The minimum atomic E-state index is -3.56.